The summed E-state index contributed by atoms with van der Waals surface area (Å²) in [7, 11) is -2.59. The Hall–Kier alpha value is -1.98. The molecule has 1 aliphatic carbocycles. The van der Waals surface area contributed by atoms with Crippen LogP contribution in [0.1, 0.15) is 18.4 Å². The Morgan fingerprint density at radius 1 is 1.32 bits per heavy atom. The van der Waals surface area contributed by atoms with Gasteiger partial charge in [0.1, 0.15) is 17.8 Å². The summed E-state index contributed by atoms with van der Waals surface area (Å²) in [4.78, 5) is 11.8. The molecule has 0 bridgehead atoms. The van der Waals surface area contributed by atoms with Gasteiger partial charge in [-0.25, -0.2) is 22.0 Å². The van der Waals surface area contributed by atoms with Gasteiger partial charge in [0.2, 0.25) is 10.0 Å². The first-order valence-electron chi connectivity index (χ1n) is 8.74. The highest BCUT2D eigenvalue weighted by atomic mass is 32.2. The summed E-state index contributed by atoms with van der Waals surface area (Å²) >= 11 is 0. The Morgan fingerprint density at radius 2 is 1.93 bits per heavy atom. The van der Waals surface area contributed by atoms with Crippen molar-refractivity contribution in [2.75, 3.05) is 20.3 Å². The number of alkyl halides is 2. The van der Waals surface area contributed by atoms with E-state index in [4.69, 9.17) is 4.74 Å². The van der Waals surface area contributed by atoms with Gasteiger partial charge in [0.25, 0.3) is 5.92 Å². The third kappa shape index (κ3) is 3.65. The van der Waals surface area contributed by atoms with Crippen LogP contribution in [0.3, 0.4) is 0 Å². The Morgan fingerprint density at radius 3 is 2.36 bits per heavy atom. The summed E-state index contributed by atoms with van der Waals surface area (Å²) in [5, 5.41) is 17.8. The molecular formula is C17H22F2N2O6S. The second-order valence-corrected chi connectivity index (χ2v) is 9.13. The van der Waals surface area contributed by atoms with Gasteiger partial charge >= 0.3 is 6.09 Å². The molecule has 1 aromatic rings. The van der Waals surface area contributed by atoms with Gasteiger partial charge < -0.3 is 14.9 Å². The molecule has 28 heavy (non-hydrogen) atoms. The predicted octanol–water partition coefficient (Wildman–Crippen LogP) is 1.35. The van der Waals surface area contributed by atoms with E-state index < -0.39 is 52.5 Å². The second-order valence-electron chi connectivity index (χ2n) is 6.96. The maximum absolute atomic E-state index is 15.0. The lowest BCUT2D eigenvalue weighted by atomic mass is 10.1. The number of carboxylic acid groups (broad SMARTS) is 1. The Kier molecular flexibility index (Phi) is 5.52. The number of benzene rings is 1. The van der Waals surface area contributed by atoms with Crippen molar-refractivity contribution in [2.45, 2.75) is 42.6 Å². The number of amides is 1. The molecule has 1 aliphatic heterocycles. The van der Waals surface area contributed by atoms with E-state index in [0.717, 1.165) is 0 Å². The molecule has 2 N–H and O–H groups in total. The first kappa shape index (κ1) is 20.7. The number of halogens is 2. The Bertz CT molecular complexity index is 829. The smallest absolute Gasteiger partial charge is 0.407 e. The molecule has 3 rings (SSSR count). The van der Waals surface area contributed by atoms with E-state index in [0.29, 0.717) is 33.4 Å². The number of aliphatic hydroxyl groups excluding tert-OH is 1. The number of nitrogens with zero attached hydrogens (tertiary/aromatic N) is 2. The lowest BCUT2D eigenvalue weighted by molar-refractivity contribution is -0.0770. The zero-order chi connectivity index (χ0) is 20.7. The number of hydrogen-bond donors (Lipinski definition) is 2. The molecule has 1 aromatic carbocycles. The van der Waals surface area contributed by atoms with Crippen molar-refractivity contribution in [3.8, 4) is 5.75 Å². The lowest BCUT2D eigenvalue weighted by Crippen LogP contribution is -2.53. The summed E-state index contributed by atoms with van der Waals surface area (Å²) in [6.45, 7) is -2.14. The van der Waals surface area contributed by atoms with E-state index >= 15 is 0 Å². The van der Waals surface area contributed by atoms with Crippen molar-refractivity contribution in [3.05, 3.63) is 29.8 Å². The number of carbonyl (C=O) groups is 1. The molecule has 0 spiro atoms. The van der Waals surface area contributed by atoms with Crippen LogP contribution in [0.4, 0.5) is 13.6 Å². The monoisotopic (exact) mass is 420 g/mol. The van der Waals surface area contributed by atoms with Crippen LogP contribution in [-0.4, -0.2) is 77.4 Å². The number of likely N-dealkylation sites (tertiary alicyclic amines) is 1. The molecule has 0 radical (unpaired) electrons. The number of hydrogen-bond acceptors (Lipinski definition) is 5. The van der Waals surface area contributed by atoms with Crippen molar-refractivity contribution in [1.82, 2.24) is 9.21 Å². The third-order valence-electron chi connectivity index (χ3n) is 5.17. The number of aliphatic hydroxyl groups is 1. The molecular weight excluding hydrogens is 398 g/mol. The minimum absolute atomic E-state index is 0.325. The van der Waals surface area contributed by atoms with Crippen LogP contribution in [0, 0.1) is 0 Å². The number of rotatable bonds is 7. The van der Waals surface area contributed by atoms with Gasteiger partial charge in [0.15, 0.2) is 0 Å². The number of methoxy groups -OCH3 is 1. The Labute approximate surface area is 161 Å². The molecule has 156 valence electrons. The number of ether oxygens (including phenoxy) is 1. The summed E-state index contributed by atoms with van der Waals surface area (Å²) in [5.41, 5.74) is 0.468. The van der Waals surface area contributed by atoms with E-state index in [1.54, 1.807) is 24.3 Å². The van der Waals surface area contributed by atoms with Crippen molar-refractivity contribution in [3.63, 3.8) is 0 Å². The van der Waals surface area contributed by atoms with E-state index in [9.17, 15) is 32.2 Å². The normalized spacial score (nSPS) is 24.5. The third-order valence-corrected chi connectivity index (χ3v) is 7.52. The molecule has 1 heterocycles. The van der Waals surface area contributed by atoms with E-state index in [-0.39, 0.29) is 6.54 Å². The maximum atomic E-state index is 15.0. The van der Waals surface area contributed by atoms with Gasteiger partial charge in [-0.05, 0) is 30.5 Å². The van der Waals surface area contributed by atoms with Crippen molar-refractivity contribution in [1.29, 1.82) is 0 Å². The van der Waals surface area contributed by atoms with Gasteiger partial charge in [-0.3, -0.25) is 4.90 Å². The van der Waals surface area contributed by atoms with Crippen LogP contribution in [0.2, 0.25) is 0 Å². The van der Waals surface area contributed by atoms with Gasteiger partial charge in [0, 0.05) is 13.1 Å². The molecule has 1 saturated heterocycles. The first-order valence-corrected chi connectivity index (χ1v) is 10.2. The van der Waals surface area contributed by atoms with Crippen molar-refractivity contribution >= 4 is 16.1 Å². The minimum Gasteiger partial charge on any atom is -0.497 e. The fourth-order valence-electron chi connectivity index (χ4n) is 3.43. The summed E-state index contributed by atoms with van der Waals surface area (Å²) in [6.07, 6.45) is -0.869. The molecule has 2 atom stereocenters. The standard InChI is InChI=1S/C17H22F2N2O6S/c1-27-12-4-2-11(3-5-12)8-21(28(25,26)13-6-7-13)14-9-20(16(23)24)15(10-22)17(14,18)19/h2-5,13-15,22H,6-10H2,1H3,(H,23,24)/t14-,15-/m1/s1. The highest BCUT2D eigenvalue weighted by Crippen LogP contribution is 2.42. The van der Waals surface area contributed by atoms with E-state index in [1.807, 2.05) is 0 Å². The zero-order valence-corrected chi connectivity index (χ0v) is 16.0. The summed E-state index contributed by atoms with van der Waals surface area (Å²) in [5.74, 6) is -3.20. The number of sulfonamides is 1. The van der Waals surface area contributed by atoms with Crippen LogP contribution < -0.4 is 4.74 Å². The molecule has 2 fully saturated rings. The second kappa shape index (κ2) is 7.45. The van der Waals surface area contributed by atoms with E-state index in [2.05, 4.69) is 0 Å². The van der Waals surface area contributed by atoms with Crippen LogP contribution in [-0.2, 0) is 16.6 Å². The molecule has 1 saturated carbocycles. The molecule has 1 amide bonds. The average molecular weight is 420 g/mol. The topological polar surface area (TPSA) is 107 Å². The largest absolute Gasteiger partial charge is 0.497 e. The SMILES string of the molecule is COc1ccc(CN([C@@H]2CN(C(=O)O)[C@H](CO)C2(F)F)S(=O)(=O)C2CC2)cc1. The van der Waals surface area contributed by atoms with E-state index in [1.165, 1.54) is 7.11 Å². The quantitative estimate of drug-likeness (QED) is 0.690. The van der Waals surface area contributed by atoms with Gasteiger partial charge in [-0.15, -0.1) is 0 Å². The fourth-order valence-corrected chi connectivity index (χ4v) is 5.43. The predicted molar refractivity (Wildman–Crippen MR) is 94.8 cm³/mol. The highest BCUT2D eigenvalue weighted by Gasteiger charge is 2.62. The van der Waals surface area contributed by atoms with Crippen LogP contribution >= 0.6 is 0 Å². The lowest BCUT2D eigenvalue weighted by Gasteiger charge is -2.32. The van der Waals surface area contributed by atoms with Gasteiger partial charge in [-0.2, -0.15) is 4.31 Å². The van der Waals surface area contributed by atoms with Crippen molar-refractivity contribution in [2.24, 2.45) is 0 Å². The van der Waals surface area contributed by atoms with Crippen LogP contribution in [0.15, 0.2) is 24.3 Å². The molecule has 11 heteroatoms. The summed E-state index contributed by atoms with van der Waals surface area (Å²) in [6, 6.07) is 2.42. The molecule has 0 unspecified atom stereocenters. The van der Waals surface area contributed by atoms with Crippen LogP contribution in [0.5, 0.6) is 5.75 Å². The van der Waals surface area contributed by atoms with Gasteiger partial charge in [0.05, 0.1) is 19.0 Å². The van der Waals surface area contributed by atoms with Gasteiger partial charge in [-0.1, -0.05) is 12.1 Å². The van der Waals surface area contributed by atoms with Crippen molar-refractivity contribution < 1.29 is 36.9 Å². The molecule has 2 aliphatic rings. The Balaban J connectivity index is 1.97. The first-order chi connectivity index (χ1) is 13.1. The average Bonchev–Trinajstić information content (AvgIpc) is 3.45. The summed E-state index contributed by atoms with van der Waals surface area (Å²) < 4.78 is 61.5. The minimum atomic E-state index is -4.06. The van der Waals surface area contributed by atoms with Crippen LogP contribution in [0.25, 0.3) is 0 Å². The molecule has 8 nitrogen and oxygen atoms in total. The zero-order valence-electron chi connectivity index (χ0n) is 15.2. The fraction of sp³-hybridized carbons (Fsp3) is 0.588. The highest BCUT2D eigenvalue weighted by molar-refractivity contribution is 7.90. The molecule has 0 aromatic heterocycles. The maximum Gasteiger partial charge on any atom is 0.407 e.